The second-order valence-electron chi connectivity index (χ2n) is 3.96. The van der Waals surface area contributed by atoms with Gasteiger partial charge in [-0.2, -0.15) is 5.26 Å². The first-order chi connectivity index (χ1) is 9.06. The van der Waals surface area contributed by atoms with Crippen LogP contribution in [0.3, 0.4) is 0 Å². The zero-order valence-corrected chi connectivity index (χ0v) is 12.4. The van der Waals surface area contributed by atoms with Crippen LogP contribution in [0.15, 0.2) is 22.7 Å². The molecule has 5 nitrogen and oxygen atoms in total. The highest BCUT2D eigenvalue weighted by Crippen LogP contribution is 2.22. The van der Waals surface area contributed by atoms with Crippen LogP contribution < -0.4 is 10.1 Å². The minimum absolute atomic E-state index is 0.0820. The largest absolute Gasteiger partial charge is 0.482 e. The normalized spacial score (nSPS) is 11.5. The van der Waals surface area contributed by atoms with Gasteiger partial charge in [0.15, 0.2) is 6.61 Å². The summed E-state index contributed by atoms with van der Waals surface area (Å²) in [6, 6.07) is 6.97. The van der Waals surface area contributed by atoms with E-state index in [0.717, 1.165) is 4.47 Å². The Labute approximate surface area is 120 Å². The summed E-state index contributed by atoms with van der Waals surface area (Å²) >= 11 is 3.27. The zero-order chi connectivity index (χ0) is 14.3. The van der Waals surface area contributed by atoms with Gasteiger partial charge in [0.05, 0.1) is 12.2 Å². The van der Waals surface area contributed by atoms with Gasteiger partial charge in [0.2, 0.25) is 0 Å². The molecule has 0 saturated carbocycles. The Kier molecular flexibility index (Phi) is 6.33. The molecule has 0 aliphatic heterocycles. The van der Waals surface area contributed by atoms with Gasteiger partial charge in [-0.15, -0.1) is 0 Å². The highest BCUT2D eigenvalue weighted by molar-refractivity contribution is 9.10. The van der Waals surface area contributed by atoms with E-state index in [0.29, 0.717) is 17.9 Å². The van der Waals surface area contributed by atoms with Crippen LogP contribution in [0.2, 0.25) is 0 Å². The molecule has 0 bridgehead atoms. The third kappa shape index (κ3) is 5.28. The molecule has 102 valence electrons. The number of methoxy groups -OCH3 is 1. The van der Waals surface area contributed by atoms with Crippen molar-refractivity contribution in [2.45, 2.75) is 13.0 Å². The summed E-state index contributed by atoms with van der Waals surface area (Å²) in [6.45, 7) is 2.14. The van der Waals surface area contributed by atoms with Gasteiger partial charge in [-0.3, -0.25) is 4.79 Å². The molecule has 1 unspecified atom stereocenters. The van der Waals surface area contributed by atoms with E-state index in [1.54, 1.807) is 25.3 Å². The molecule has 1 aromatic rings. The second kappa shape index (κ2) is 7.77. The summed E-state index contributed by atoms with van der Waals surface area (Å²) in [5.74, 6) is 0.136. The lowest BCUT2D eigenvalue weighted by atomic mass is 10.2. The Morgan fingerprint density at radius 1 is 1.58 bits per heavy atom. The predicted octanol–water partition coefficient (Wildman–Crippen LogP) is 1.85. The summed E-state index contributed by atoms with van der Waals surface area (Å²) in [4.78, 5) is 11.6. The van der Waals surface area contributed by atoms with Gasteiger partial charge >= 0.3 is 0 Å². The Morgan fingerprint density at radius 2 is 2.32 bits per heavy atom. The molecule has 1 N–H and O–H groups in total. The fraction of sp³-hybridized carbons (Fsp3) is 0.385. The van der Waals surface area contributed by atoms with Crippen LogP contribution in [-0.4, -0.2) is 32.3 Å². The van der Waals surface area contributed by atoms with E-state index >= 15 is 0 Å². The van der Waals surface area contributed by atoms with Crippen LogP contribution in [0.1, 0.15) is 12.5 Å². The molecule has 0 radical (unpaired) electrons. The molecule has 1 atom stereocenters. The number of amides is 1. The molecule has 1 rings (SSSR count). The molecule has 0 aromatic heterocycles. The molecule has 6 heteroatoms. The summed E-state index contributed by atoms with van der Waals surface area (Å²) in [5.41, 5.74) is 0.382. The average molecular weight is 327 g/mol. The maximum absolute atomic E-state index is 11.6. The SMILES string of the molecule is COCC(C)NC(=O)COc1ccc(Br)cc1C#N. The number of hydrogen-bond acceptors (Lipinski definition) is 4. The molecule has 19 heavy (non-hydrogen) atoms. The first-order valence-corrected chi connectivity index (χ1v) is 6.47. The first-order valence-electron chi connectivity index (χ1n) is 5.67. The van der Waals surface area contributed by atoms with E-state index in [9.17, 15) is 4.79 Å². The highest BCUT2D eigenvalue weighted by atomic mass is 79.9. The number of benzene rings is 1. The van der Waals surface area contributed by atoms with Gasteiger partial charge in [0.1, 0.15) is 11.8 Å². The number of hydrogen-bond donors (Lipinski definition) is 1. The Balaban J connectivity index is 2.53. The minimum Gasteiger partial charge on any atom is -0.482 e. The standard InChI is InChI=1S/C13H15BrN2O3/c1-9(7-18-2)16-13(17)8-19-12-4-3-11(14)5-10(12)6-15/h3-5,9H,7-8H2,1-2H3,(H,16,17). The van der Waals surface area contributed by atoms with Crippen molar-refractivity contribution < 1.29 is 14.3 Å². The van der Waals surface area contributed by atoms with E-state index in [1.165, 1.54) is 0 Å². The van der Waals surface area contributed by atoms with Crippen LogP contribution in [0.4, 0.5) is 0 Å². The monoisotopic (exact) mass is 326 g/mol. The molecule has 0 spiro atoms. The number of carbonyl (C=O) groups is 1. The van der Waals surface area contributed by atoms with Crippen molar-refractivity contribution in [3.8, 4) is 11.8 Å². The van der Waals surface area contributed by atoms with Gasteiger partial charge in [-0.25, -0.2) is 0 Å². The topological polar surface area (TPSA) is 71.3 Å². The maximum Gasteiger partial charge on any atom is 0.258 e. The Bertz CT molecular complexity index is 485. The second-order valence-corrected chi connectivity index (χ2v) is 4.88. The van der Waals surface area contributed by atoms with Crippen molar-refractivity contribution in [1.82, 2.24) is 5.32 Å². The number of nitrogens with one attached hydrogen (secondary N) is 1. The van der Waals surface area contributed by atoms with E-state index in [1.807, 2.05) is 13.0 Å². The molecular formula is C13H15BrN2O3. The van der Waals surface area contributed by atoms with Crippen molar-refractivity contribution in [3.63, 3.8) is 0 Å². The first kappa shape index (κ1) is 15.5. The molecule has 0 aliphatic rings. The van der Waals surface area contributed by atoms with Crippen molar-refractivity contribution in [2.24, 2.45) is 0 Å². The molecule has 0 saturated heterocycles. The maximum atomic E-state index is 11.6. The van der Waals surface area contributed by atoms with E-state index < -0.39 is 0 Å². The predicted molar refractivity (Wildman–Crippen MR) is 73.8 cm³/mol. The zero-order valence-electron chi connectivity index (χ0n) is 10.8. The molecular weight excluding hydrogens is 312 g/mol. The molecule has 1 amide bonds. The Hall–Kier alpha value is -1.58. The van der Waals surface area contributed by atoms with E-state index in [2.05, 4.69) is 21.2 Å². The summed E-state index contributed by atoms with van der Waals surface area (Å²) in [6.07, 6.45) is 0. The van der Waals surface area contributed by atoms with Crippen LogP contribution in [0.5, 0.6) is 5.75 Å². The van der Waals surface area contributed by atoms with Crippen LogP contribution in [-0.2, 0) is 9.53 Å². The molecule has 0 fully saturated rings. The van der Waals surface area contributed by atoms with Crippen LogP contribution in [0.25, 0.3) is 0 Å². The summed E-state index contributed by atoms with van der Waals surface area (Å²) in [5, 5.41) is 11.7. The number of carbonyl (C=O) groups excluding carboxylic acids is 1. The number of halogens is 1. The molecule has 0 heterocycles. The van der Waals surface area contributed by atoms with Gasteiger partial charge in [-0.1, -0.05) is 15.9 Å². The lowest BCUT2D eigenvalue weighted by Crippen LogP contribution is -2.38. The van der Waals surface area contributed by atoms with E-state index in [4.69, 9.17) is 14.7 Å². The molecule has 1 aromatic carbocycles. The van der Waals surface area contributed by atoms with Crippen molar-refractivity contribution in [2.75, 3.05) is 20.3 Å². The quantitative estimate of drug-likeness (QED) is 0.866. The van der Waals surface area contributed by atoms with Crippen molar-refractivity contribution >= 4 is 21.8 Å². The fourth-order valence-corrected chi connectivity index (χ4v) is 1.83. The fourth-order valence-electron chi connectivity index (χ4n) is 1.47. The smallest absolute Gasteiger partial charge is 0.258 e. The third-order valence-electron chi connectivity index (χ3n) is 2.24. The lowest BCUT2D eigenvalue weighted by Gasteiger charge is -2.13. The lowest BCUT2D eigenvalue weighted by molar-refractivity contribution is -0.124. The Morgan fingerprint density at radius 3 is 2.95 bits per heavy atom. The van der Waals surface area contributed by atoms with Crippen molar-refractivity contribution in [3.05, 3.63) is 28.2 Å². The number of nitrogens with zero attached hydrogens (tertiary/aromatic N) is 1. The van der Waals surface area contributed by atoms with Gasteiger partial charge in [0.25, 0.3) is 5.91 Å². The highest BCUT2D eigenvalue weighted by Gasteiger charge is 2.09. The average Bonchev–Trinajstić information content (AvgIpc) is 2.37. The van der Waals surface area contributed by atoms with E-state index in [-0.39, 0.29) is 18.6 Å². The molecule has 0 aliphatic carbocycles. The number of ether oxygens (including phenoxy) is 2. The van der Waals surface area contributed by atoms with Crippen molar-refractivity contribution in [1.29, 1.82) is 5.26 Å². The van der Waals surface area contributed by atoms with Gasteiger partial charge in [-0.05, 0) is 25.1 Å². The van der Waals surface area contributed by atoms with Crippen LogP contribution in [0, 0.1) is 11.3 Å². The van der Waals surface area contributed by atoms with Crippen LogP contribution >= 0.6 is 15.9 Å². The minimum atomic E-state index is -0.253. The van der Waals surface area contributed by atoms with Gasteiger partial charge < -0.3 is 14.8 Å². The number of nitriles is 1. The van der Waals surface area contributed by atoms with Gasteiger partial charge in [0, 0.05) is 17.6 Å². The summed E-state index contributed by atoms with van der Waals surface area (Å²) < 4.78 is 11.0. The number of rotatable bonds is 6. The third-order valence-corrected chi connectivity index (χ3v) is 2.74. The summed E-state index contributed by atoms with van der Waals surface area (Å²) in [7, 11) is 1.57.